The summed E-state index contributed by atoms with van der Waals surface area (Å²) in [4.78, 5) is 11.4. The van der Waals surface area contributed by atoms with Gasteiger partial charge in [-0.15, -0.1) is 0 Å². The molecule has 0 saturated carbocycles. The molecule has 2 heterocycles. The predicted molar refractivity (Wildman–Crippen MR) is 82.0 cm³/mol. The Morgan fingerprint density at radius 3 is 2.65 bits per heavy atom. The van der Waals surface area contributed by atoms with Gasteiger partial charge in [0.25, 0.3) is 0 Å². The van der Waals surface area contributed by atoms with Crippen molar-refractivity contribution in [1.29, 1.82) is 0 Å². The van der Waals surface area contributed by atoms with E-state index in [4.69, 9.17) is 27.9 Å². The van der Waals surface area contributed by atoms with E-state index in [1.807, 2.05) is 13.0 Å². The average molecular weight is 312 g/mol. The average Bonchev–Trinajstić information content (AvgIpc) is 2.47. The number of hydrogen-bond donors (Lipinski definition) is 0. The fourth-order valence-corrected chi connectivity index (χ4v) is 2.90. The largest absolute Gasteiger partial charge is 0.378 e. The summed E-state index contributed by atoms with van der Waals surface area (Å²) in [6.45, 7) is 5.09. The number of morpholine rings is 1. The highest BCUT2D eigenvalue weighted by Crippen LogP contribution is 2.32. The summed E-state index contributed by atoms with van der Waals surface area (Å²) < 4.78 is 5.40. The lowest BCUT2D eigenvalue weighted by Crippen LogP contribution is -2.37. The third-order valence-electron chi connectivity index (χ3n) is 3.37. The van der Waals surface area contributed by atoms with Crippen molar-refractivity contribution in [2.75, 3.05) is 31.2 Å². The first kappa shape index (κ1) is 13.9. The molecule has 0 bridgehead atoms. The van der Waals surface area contributed by atoms with Crippen LogP contribution in [-0.2, 0) is 11.2 Å². The number of halogens is 2. The third-order valence-corrected chi connectivity index (χ3v) is 3.88. The monoisotopic (exact) mass is 311 g/mol. The Morgan fingerprint density at radius 1 is 1.20 bits per heavy atom. The quantitative estimate of drug-likeness (QED) is 0.852. The van der Waals surface area contributed by atoms with Crippen LogP contribution in [0.3, 0.4) is 0 Å². The molecule has 3 rings (SSSR count). The van der Waals surface area contributed by atoms with Crippen LogP contribution in [-0.4, -0.2) is 36.3 Å². The summed E-state index contributed by atoms with van der Waals surface area (Å²) in [6, 6.07) is 3.61. The number of hydrogen-bond acceptors (Lipinski definition) is 4. The van der Waals surface area contributed by atoms with Crippen molar-refractivity contribution >= 4 is 39.9 Å². The second-order valence-corrected chi connectivity index (χ2v) is 5.54. The van der Waals surface area contributed by atoms with Crippen LogP contribution in [0, 0.1) is 0 Å². The van der Waals surface area contributed by atoms with Gasteiger partial charge in [-0.25, -0.2) is 9.97 Å². The lowest BCUT2D eigenvalue weighted by atomic mass is 10.2. The van der Waals surface area contributed by atoms with Crippen molar-refractivity contribution in [2.24, 2.45) is 0 Å². The van der Waals surface area contributed by atoms with E-state index in [0.717, 1.165) is 42.1 Å². The molecule has 0 spiro atoms. The summed E-state index contributed by atoms with van der Waals surface area (Å²) in [6.07, 6.45) is 0.770. The van der Waals surface area contributed by atoms with Gasteiger partial charge >= 0.3 is 0 Å². The second-order valence-electron chi connectivity index (χ2n) is 4.70. The van der Waals surface area contributed by atoms with Gasteiger partial charge < -0.3 is 9.64 Å². The number of benzene rings is 1. The number of rotatable bonds is 2. The minimum Gasteiger partial charge on any atom is -0.378 e. The molecular formula is C14H15Cl2N3O. The van der Waals surface area contributed by atoms with Crippen LogP contribution in [0.2, 0.25) is 10.0 Å². The number of aryl methyl sites for hydroxylation is 1. The maximum Gasteiger partial charge on any atom is 0.140 e. The van der Waals surface area contributed by atoms with Crippen molar-refractivity contribution in [3.8, 4) is 0 Å². The standard InChI is InChI=1S/C14H15Cl2N3O/c1-2-12-17-13-10(7-9(15)8-11(13)16)14(18-12)19-3-5-20-6-4-19/h7-8H,2-6H2,1H3. The van der Waals surface area contributed by atoms with Crippen LogP contribution in [0.5, 0.6) is 0 Å². The van der Waals surface area contributed by atoms with Crippen LogP contribution < -0.4 is 4.90 Å². The molecule has 1 aromatic heterocycles. The summed E-state index contributed by atoms with van der Waals surface area (Å²) in [5.41, 5.74) is 0.768. The van der Waals surface area contributed by atoms with Gasteiger partial charge in [-0.1, -0.05) is 30.1 Å². The van der Waals surface area contributed by atoms with Gasteiger partial charge in [0, 0.05) is 29.9 Å². The number of nitrogens with zero attached hydrogens (tertiary/aromatic N) is 3. The highest BCUT2D eigenvalue weighted by Gasteiger charge is 2.18. The van der Waals surface area contributed by atoms with E-state index in [2.05, 4.69) is 14.9 Å². The topological polar surface area (TPSA) is 38.2 Å². The van der Waals surface area contributed by atoms with Crippen molar-refractivity contribution in [1.82, 2.24) is 9.97 Å². The predicted octanol–water partition coefficient (Wildman–Crippen LogP) is 3.34. The Balaban J connectivity index is 2.21. The molecule has 0 unspecified atom stereocenters. The fraction of sp³-hybridized carbons (Fsp3) is 0.429. The Kier molecular flexibility index (Phi) is 3.96. The van der Waals surface area contributed by atoms with Gasteiger partial charge in [-0.2, -0.15) is 0 Å². The Morgan fingerprint density at radius 2 is 1.95 bits per heavy atom. The highest BCUT2D eigenvalue weighted by atomic mass is 35.5. The second kappa shape index (κ2) is 5.72. The van der Waals surface area contributed by atoms with Crippen LogP contribution in [0.15, 0.2) is 12.1 Å². The zero-order valence-corrected chi connectivity index (χ0v) is 12.7. The van der Waals surface area contributed by atoms with Crippen molar-refractivity contribution < 1.29 is 4.74 Å². The summed E-state index contributed by atoms with van der Waals surface area (Å²) >= 11 is 12.4. The van der Waals surface area contributed by atoms with Gasteiger partial charge in [0.2, 0.25) is 0 Å². The van der Waals surface area contributed by atoms with Crippen molar-refractivity contribution in [2.45, 2.75) is 13.3 Å². The van der Waals surface area contributed by atoms with Crippen LogP contribution >= 0.6 is 23.2 Å². The zero-order valence-electron chi connectivity index (χ0n) is 11.2. The lowest BCUT2D eigenvalue weighted by molar-refractivity contribution is 0.122. The maximum atomic E-state index is 6.28. The smallest absolute Gasteiger partial charge is 0.140 e. The Bertz CT molecular complexity index is 642. The van der Waals surface area contributed by atoms with E-state index in [-0.39, 0.29) is 0 Å². The molecule has 2 aromatic rings. The fourth-order valence-electron chi connectivity index (χ4n) is 2.36. The first-order chi connectivity index (χ1) is 9.69. The molecule has 1 fully saturated rings. The van der Waals surface area contributed by atoms with Crippen molar-refractivity contribution in [3.05, 3.63) is 28.0 Å². The Labute approximate surface area is 127 Å². The van der Waals surface area contributed by atoms with Crippen LogP contribution in [0.4, 0.5) is 5.82 Å². The molecule has 0 radical (unpaired) electrons. The molecule has 106 valence electrons. The molecule has 4 nitrogen and oxygen atoms in total. The van der Waals surface area contributed by atoms with Gasteiger partial charge in [0.1, 0.15) is 11.6 Å². The van der Waals surface area contributed by atoms with E-state index in [9.17, 15) is 0 Å². The Hall–Kier alpha value is -1.10. The molecule has 6 heteroatoms. The number of anilines is 1. The number of ether oxygens (including phenoxy) is 1. The number of fused-ring (bicyclic) bond motifs is 1. The van der Waals surface area contributed by atoms with Gasteiger partial charge in [-0.05, 0) is 12.1 Å². The highest BCUT2D eigenvalue weighted by molar-refractivity contribution is 6.38. The molecule has 1 aliphatic heterocycles. The minimum atomic E-state index is 0.569. The van der Waals surface area contributed by atoms with Gasteiger partial charge in [0.15, 0.2) is 0 Å². The van der Waals surface area contributed by atoms with E-state index < -0.39 is 0 Å². The van der Waals surface area contributed by atoms with Crippen molar-refractivity contribution in [3.63, 3.8) is 0 Å². The summed E-state index contributed by atoms with van der Waals surface area (Å²) in [7, 11) is 0. The third kappa shape index (κ3) is 2.55. The molecule has 0 amide bonds. The molecule has 0 atom stereocenters. The van der Waals surface area contributed by atoms with E-state index >= 15 is 0 Å². The van der Waals surface area contributed by atoms with E-state index in [0.29, 0.717) is 23.3 Å². The first-order valence-corrected chi connectivity index (χ1v) is 7.43. The zero-order chi connectivity index (χ0) is 14.1. The van der Waals surface area contributed by atoms with Crippen LogP contribution in [0.1, 0.15) is 12.7 Å². The molecule has 0 N–H and O–H groups in total. The summed E-state index contributed by atoms with van der Waals surface area (Å²) in [5, 5.41) is 2.07. The SMILES string of the molecule is CCc1nc(N2CCOCC2)c2cc(Cl)cc(Cl)c2n1. The minimum absolute atomic E-state index is 0.569. The molecule has 1 aliphatic rings. The summed E-state index contributed by atoms with van der Waals surface area (Å²) in [5.74, 6) is 1.70. The normalized spacial score (nSPS) is 15.8. The molecule has 0 aliphatic carbocycles. The van der Waals surface area contributed by atoms with Crippen LogP contribution in [0.25, 0.3) is 10.9 Å². The van der Waals surface area contributed by atoms with E-state index in [1.54, 1.807) is 6.07 Å². The molecular weight excluding hydrogens is 297 g/mol. The van der Waals surface area contributed by atoms with Gasteiger partial charge in [0.05, 0.1) is 23.8 Å². The maximum absolute atomic E-state index is 6.28. The lowest BCUT2D eigenvalue weighted by Gasteiger charge is -2.29. The van der Waals surface area contributed by atoms with Gasteiger partial charge in [-0.3, -0.25) is 0 Å². The molecule has 20 heavy (non-hydrogen) atoms. The first-order valence-electron chi connectivity index (χ1n) is 6.67. The number of aromatic nitrogens is 2. The van der Waals surface area contributed by atoms with E-state index in [1.165, 1.54) is 0 Å². The molecule has 1 aromatic carbocycles. The molecule has 1 saturated heterocycles.